The molecule has 0 aromatic carbocycles. The van der Waals surface area contributed by atoms with E-state index in [2.05, 4.69) is 11.8 Å². The molecule has 0 aromatic rings. The van der Waals surface area contributed by atoms with E-state index in [0.717, 1.165) is 45.3 Å². The minimum Gasteiger partial charge on any atom is -0.393 e. The second kappa shape index (κ2) is 6.40. The van der Waals surface area contributed by atoms with Gasteiger partial charge in [-0.2, -0.15) is 0 Å². The Kier molecular flexibility index (Phi) is 5.50. The van der Waals surface area contributed by atoms with Gasteiger partial charge in [0.2, 0.25) is 0 Å². The standard InChI is InChI=1S/C11H22N2OS/c1-9-8-13(7-5-10(9)14)6-3-2-4-11(12)15/h9-10,14H,2-8H2,1H3,(H2,12,15). The zero-order chi connectivity index (χ0) is 11.3. The number of rotatable bonds is 5. The van der Waals surface area contributed by atoms with Crippen molar-refractivity contribution < 1.29 is 5.11 Å². The zero-order valence-corrected chi connectivity index (χ0v) is 10.3. The van der Waals surface area contributed by atoms with Crippen LogP contribution in [0, 0.1) is 5.92 Å². The van der Waals surface area contributed by atoms with Gasteiger partial charge in [0.05, 0.1) is 11.1 Å². The highest BCUT2D eigenvalue weighted by Crippen LogP contribution is 2.16. The minimum atomic E-state index is -0.0992. The summed E-state index contributed by atoms with van der Waals surface area (Å²) < 4.78 is 0. The van der Waals surface area contributed by atoms with Crippen LogP contribution in [-0.2, 0) is 0 Å². The third kappa shape index (κ3) is 4.91. The van der Waals surface area contributed by atoms with Crippen LogP contribution >= 0.6 is 12.2 Å². The lowest BCUT2D eigenvalue weighted by molar-refractivity contribution is 0.0346. The van der Waals surface area contributed by atoms with Crippen LogP contribution in [0.2, 0.25) is 0 Å². The van der Waals surface area contributed by atoms with Crippen LogP contribution < -0.4 is 5.73 Å². The number of nitrogens with zero attached hydrogens (tertiary/aromatic N) is 1. The lowest BCUT2D eigenvalue weighted by atomic mass is 9.96. The predicted octanol–water partition coefficient (Wildman–Crippen LogP) is 1.15. The molecule has 3 nitrogen and oxygen atoms in total. The Morgan fingerprint density at radius 3 is 2.87 bits per heavy atom. The Morgan fingerprint density at radius 1 is 1.53 bits per heavy atom. The van der Waals surface area contributed by atoms with E-state index in [1.54, 1.807) is 0 Å². The first kappa shape index (κ1) is 12.9. The average Bonchev–Trinajstić information content (AvgIpc) is 2.18. The monoisotopic (exact) mass is 230 g/mol. The lowest BCUT2D eigenvalue weighted by Gasteiger charge is -2.34. The molecule has 2 unspecified atom stereocenters. The Morgan fingerprint density at radius 2 is 2.27 bits per heavy atom. The SMILES string of the molecule is CC1CN(CCCCC(N)=S)CCC1O. The van der Waals surface area contributed by atoms with Gasteiger partial charge in [-0.3, -0.25) is 0 Å². The van der Waals surface area contributed by atoms with Gasteiger partial charge in [0.1, 0.15) is 0 Å². The molecule has 1 aliphatic rings. The Labute approximate surface area is 97.6 Å². The largest absolute Gasteiger partial charge is 0.393 e. The third-order valence-electron chi connectivity index (χ3n) is 3.09. The van der Waals surface area contributed by atoms with E-state index in [9.17, 15) is 5.11 Å². The zero-order valence-electron chi connectivity index (χ0n) is 9.48. The number of unbranched alkanes of at least 4 members (excludes halogenated alkanes) is 1. The first-order valence-electron chi connectivity index (χ1n) is 5.78. The van der Waals surface area contributed by atoms with Gasteiger partial charge in [0.15, 0.2) is 0 Å². The summed E-state index contributed by atoms with van der Waals surface area (Å²) >= 11 is 4.83. The van der Waals surface area contributed by atoms with Crippen LogP contribution in [0.25, 0.3) is 0 Å². The Hall–Kier alpha value is -0.190. The smallest absolute Gasteiger partial charge is 0.0727 e. The summed E-state index contributed by atoms with van der Waals surface area (Å²) in [6, 6.07) is 0. The van der Waals surface area contributed by atoms with Gasteiger partial charge in [0, 0.05) is 13.1 Å². The van der Waals surface area contributed by atoms with E-state index in [1.165, 1.54) is 0 Å². The molecule has 1 fully saturated rings. The number of aliphatic hydroxyl groups excluding tert-OH is 1. The number of hydrogen-bond acceptors (Lipinski definition) is 3. The molecule has 0 bridgehead atoms. The van der Waals surface area contributed by atoms with Crippen molar-refractivity contribution in [2.75, 3.05) is 19.6 Å². The summed E-state index contributed by atoms with van der Waals surface area (Å²) in [6.45, 7) is 5.28. The topological polar surface area (TPSA) is 49.5 Å². The maximum Gasteiger partial charge on any atom is 0.0727 e. The van der Waals surface area contributed by atoms with E-state index in [-0.39, 0.29) is 6.10 Å². The molecule has 88 valence electrons. The Balaban J connectivity index is 2.09. The molecule has 15 heavy (non-hydrogen) atoms. The van der Waals surface area contributed by atoms with E-state index < -0.39 is 0 Å². The summed E-state index contributed by atoms with van der Waals surface area (Å²) in [6.07, 6.45) is 3.92. The van der Waals surface area contributed by atoms with Crippen molar-refractivity contribution in [3.8, 4) is 0 Å². The van der Waals surface area contributed by atoms with Gasteiger partial charge in [-0.05, 0) is 38.1 Å². The van der Waals surface area contributed by atoms with Crippen molar-refractivity contribution in [3.05, 3.63) is 0 Å². The summed E-state index contributed by atoms with van der Waals surface area (Å²) in [7, 11) is 0. The van der Waals surface area contributed by atoms with Crippen LogP contribution in [0.5, 0.6) is 0 Å². The summed E-state index contributed by atoms with van der Waals surface area (Å²) in [5.74, 6) is 0.411. The average molecular weight is 230 g/mol. The molecule has 0 aliphatic carbocycles. The van der Waals surface area contributed by atoms with Crippen LogP contribution in [0.15, 0.2) is 0 Å². The molecule has 1 saturated heterocycles. The number of piperidine rings is 1. The quantitative estimate of drug-likeness (QED) is 0.549. The molecular formula is C11H22N2OS. The van der Waals surface area contributed by atoms with Crippen molar-refractivity contribution in [1.82, 2.24) is 4.90 Å². The highest BCUT2D eigenvalue weighted by molar-refractivity contribution is 7.80. The maximum absolute atomic E-state index is 9.58. The molecule has 4 heteroatoms. The number of likely N-dealkylation sites (tertiary alicyclic amines) is 1. The summed E-state index contributed by atoms with van der Waals surface area (Å²) in [5.41, 5.74) is 5.44. The van der Waals surface area contributed by atoms with Crippen LogP contribution in [0.4, 0.5) is 0 Å². The maximum atomic E-state index is 9.58. The number of thiocarbonyl (C=S) groups is 1. The first-order chi connectivity index (χ1) is 7.09. The van der Waals surface area contributed by atoms with Crippen molar-refractivity contribution >= 4 is 17.2 Å². The minimum absolute atomic E-state index is 0.0992. The molecular weight excluding hydrogens is 208 g/mol. The van der Waals surface area contributed by atoms with E-state index in [4.69, 9.17) is 18.0 Å². The van der Waals surface area contributed by atoms with E-state index in [0.29, 0.717) is 10.9 Å². The summed E-state index contributed by atoms with van der Waals surface area (Å²) in [4.78, 5) is 3.05. The normalized spacial score (nSPS) is 27.9. The molecule has 3 N–H and O–H groups in total. The van der Waals surface area contributed by atoms with Crippen LogP contribution in [-0.4, -0.2) is 40.7 Å². The second-order valence-corrected chi connectivity index (χ2v) is 5.08. The van der Waals surface area contributed by atoms with E-state index >= 15 is 0 Å². The molecule has 1 rings (SSSR count). The fourth-order valence-electron chi connectivity index (χ4n) is 2.06. The molecule has 0 spiro atoms. The molecule has 0 saturated carbocycles. The van der Waals surface area contributed by atoms with Gasteiger partial charge >= 0.3 is 0 Å². The molecule has 0 amide bonds. The van der Waals surface area contributed by atoms with Crippen LogP contribution in [0.3, 0.4) is 0 Å². The van der Waals surface area contributed by atoms with Gasteiger partial charge < -0.3 is 15.7 Å². The first-order valence-corrected chi connectivity index (χ1v) is 6.19. The fraction of sp³-hybridized carbons (Fsp3) is 0.909. The summed E-state index contributed by atoms with van der Waals surface area (Å²) in [5, 5.41) is 9.58. The van der Waals surface area contributed by atoms with Gasteiger partial charge in [0.25, 0.3) is 0 Å². The Bertz CT molecular complexity index is 211. The third-order valence-corrected chi connectivity index (χ3v) is 3.30. The number of aliphatic hydroxyl groups is 1. The van der Waals surface area contributed by atoms with Crippen molar-refractivity contribution in [1.29, 1.82) is 0 Å². The van der Waals surface area contributed by atoms with Gasteiger partial charge in [-0.15, -0.1) is 0 Å². The van der Waals surface area contributed by atoms with Gasteiger partial charge in [-0.1, -0.05) is 19.1 Å². The predicted molar refractivity (Wildman–Crippen MR) is 66.9 cm³/mol. The van der Waals surface area contributed by atoms with Gasteiger partial charge in [-0.25, -0.2) is 0 Å². The highest BCUT2D eigenvalue weighted by Gasteiger charge is 2.23. The molecule has 2 atom stereocenters. The second-order valence-electron chi connectivity index (χ2n) is 4.56. The fourth-order valence-corrected chi connectivity index (χ4v) is 2.20. The van der Waals surface area contributed by atoms with Crippen molar-refractivity contribution in [2.45, 2.75) is 38.7 Å². The van der Waals surface area contributed by atoms with Crippen molar-refractivity contribution in [3.63, 3.8) is 0 Å². The molecule has 0 aromatic heterocycles. The van der Waals surface area contributed by atoms with Crippen LogP contribution in [0.1, 0.15) is 32.6 Å². The number of nitrogens with two attached hydrogens (primary N) is 1. The molecule has 1 heterocycles. The molecule has 1 aliphatic heterocycles. The molecule has 0 radical (unpaired) electrons. The highest BCUT2D eigenvalue weighted by atomic mass is 32.1. The van der Waals surface area contributed by atoms with Crippen molar-refractivity contribution in [2.24, 2.45) is 11.7 Å². The lowest BCUT2D eigenvalue weighted by Crippen LogP contribution is -2.42. The van der Waals surface area contributed by atoms with E-state index in [1.807, 2.05) is 0 Å². The number of hydrogen-bond donors (Lipinski definition) is 2.